The summed E-state index contributed by atoms with van der Waals surface area (Å²) >= 11 is 0. The molecule has 236 valence electrons. The van der Waals surface area contributed by atoms with Gasteiger partial charge in [-0.25, -0.2) is 0 Å². The Morgan fingerprint density at radius 1 is 0.850 bits per heavy atom. The molecule has 0 saturated carbocycles. The monoisotopic (exact) mass is 588 g/mol. The molecule has 0 aromatic heterocycles. The first-order valence-corrected chi connectivity index (χ1v) is 17.2. The van der Waals surface area contributed by atoms with Gasteiger partial charge in [0, 0.05) is 6.42 Å². The summed E-state index contributed by atoms with van der Waals surface area (Å²) in [5, 5.41) is 13.5. The van der Waals surface area contributed by atoms with E-state index in [1.54, 1.807) is 6.08 Å². The molecule has 9 heteroatoms. The van der Waals surface area contributed by atoms with E-state index in [1.165, 1.54) is 51.4 Å². The number of likely N-dealkylation sites (N-methyl/N-ethyl adjacent to an activating group) is 1. The molecule has 2 N–H and O–H groups in total. The molecule has 0 radical (unpaired) electrons. The summed E-state index contributed by atoms with van der Waals surface area (Å²) in [5.41, 5.74) is 0. The quantitative estimate of drug-likeness (QED) is 0.0495. The van der Waals surface area contributed by atoms with Gasteiger partial charge in [-0.1, -0.05) is 102 Å². The zero-order valence-electron chi connectivity index (χ0n) is 26.3. The van der Waals surface area contributed by atoms with Gasteiger partial charge in [0.1, 0.15) is 13.2 Å². The summed E-state index contributed by atoms with van der Waals surface area (Å²) in [6.45, 7) is 4.44. The molecule has 1 amide bonds. The Kier molecular flexibility index (Phi) is 23.9. The van der Waals surface area contributed by atoms with Gasteiger partial charge in [0.2, 0.25) is 5.91 Å². The molecule has 0 rings (SSSR count). The van der Waals surface area contributed by atoms with Crippen LogP contribution in [0.3, 0.4) is 0 Å². The van der Waals surface area contributed by atoms with Crippen LogP contribution in [-0.4, -0.2) is 68.5 Å². The highest BCUT2D eigenvalue weighted by molar-refractivity contribution is 7.45. The minimum atomic E-state index is -4.56. The third-order valence-corrected chi connectivity index (χ3v) is 7.63. The Labute approximate surface area is 245 Å². The lowest BCUT2D eigenvalue weighted by Gasteiger charge is -2.29. The molecule has 0 aliphatic carbocycles. The van der Waals surface area contributed by atoms with E-state index in [0.29, 0.717) is 17.4 Å². The van der Waals surface area contributed by atoms with Crippen molar-refractivity contribution in [2.24, 2.45) is 0 Å². The molecule has 0 saturated heterocycles. The number of nitrogens with zero attached hydrogens (tertiary/aromatic N) is 1. The Hall–Kier alpha value is -1.02. The van der Waals surface area contributed by atoms with E-state index in [9.17, 15) is 19.4 Å². The molecule has 0 aromatic rings. The Morgan fingerprint density at radius 2 is 1.40 bits per heavy atom. The molecule has 0 fully saturated rings. The molecule has 8 nitrogen and oxygen atoms in total. The molecule has 3 atom stereocenters. The number of carbonyl (C=O) groups is 1. The van der Waals surface area contributed by atoms with Crippen LogP contribution in [0.25, 0.3) is 0 Å². The van der Waals surface area contributed by atoms with Gasteiger partial charge in [-0.05, 0) is 32.1 Å². The fraction of sp³-hybridized carbons (Fsp3) is 0.839. The molecule has 0 aliphatic rings. The molecule has 0 heterocycles. The maximum Gasteiger partial charge on any atom is 0.268 e. The van der Waals surface area contributed by atoms with Crippen molar-refractivity contribution in [2.75, 3.05) is 40.9 Å². The summed E-state index contributed by atoms with van der Waals surface area (Å²) in [6, 6.07) is -0.892. The first-order valence-electron chi connectivity index (χ1n) is 15.7. The van der Waals surface area contributed by atoms with E-state index < -0.39 is 26.6 Å². The number of unbranched alkanes of at least 4 members (excludes halogenated alkanes) is 12. The summed E-state index contributed by atoms with van der Waals surface area (Å²) in [5.74, 6) is -0.229. The predicted octanol–water partition coefficient (Wildman–Crippen LogP) is 6.43. The van der Waals surface area contributed by atoms with Crippen LogP contribution in [0.4, 0.5) is 0 Å². The number of phosphoric ester groups is 1. The third kappa shape index (κ3) is 25.9. The highest BCUT2D eigenvalue weighted by Crippen LogP contribution is 2.38. The second-order valence-corrected chi connectivity index (χ2v) is 13.2. The normalized spacial score (nSPS) is 15.5. The largest absolute Gasteiger partial charge is 0.756 e. The van der Waals surface area contributed by atoms with Crippen LogP contribution in [0.5, 0.6) is 0 Å². The van der Waals surface area contributed by atoms with Crippen LogP contribution in [0.15, 0.2) is 24.3 Å². The van der Waals surface area contributed by atoms with Crippen molar-refractivity contribution in [2.45, 2.75) is 129 Å². The average Bonchev–Trinajstić information content (AvgIpc) is 2.88. The number of quaternary nitrogens is 1. The molecule has 0 bridgehead atoms. The van der Waals surface area contributed by atoms with E-state index in [0.717, 1.165) is 44.9 Å². The van der Waals surface area contributed by atoms with Gasteiger partial charge < -0.3 is 28.8 Å². The van der Waals surface area contributed by atoms with Crippen molar-refractivity contribution >= 4 is 13.7 Å². The maximum atomic E-state index is 12.4. The molecule has 40 heavy (non-hydrogen) atoms. The van der Waals surface area contributed by atoms with Crippen LogP contribution >= 0.6 is 7.82 Å². The highest BCUT2D eigenvalue weighted by atomic mass is 31.2. The molecule has 0 aromatic carbocycles. The minimum absolute atomic E-state index is 0.00620. The van der Waals surface area contributed by atoms with Crippen LogP contribution in [0.1, 0.15) is 117 Å². The number of amides is 1. The second-order valence-electron chi connectivity index (χ2n) is 11.8. The van der Waals surface area contributed by atoms with Crippen molar-refractivity contribution in [3.8, 4) is 0 Å². The average molecular weight is 589 g/mol. The predicted molar refractivity (Wildman–Crippen MR) is 164 cm³/mol. The SMILES string of the molecule is CCCCCCCCCC/C=C/CC/C=C/C(O)C(COP(=O)([O-])OCC[N+](C)(C)C)NC(=O)CCCCCC. The van der Waals surface area contributed by atoms with E-state index >= 15 is 0 Å². The van der Waals surface area contributed by atoms with Crippen LogP contribution < -0.4 is 10.2 Å². The van der Waals surface area contributed by atoms with Crippen molar-refractivity contribution < 1.29 is 32.9 Å². The number of hydrogen-bond acceptors (Lipinski definition) is 6. The number of phosphoric acid groups is 1. The molecule has 0 spiro atoms. The third-order valence-electron chi connectivity index (χ3n) is 6.66. The lowest BCUT2D eigenvalue weighted by atomic mass is 10.1. The summed E-state index contributed by atoms with van der Waals surface area (Å²) < 4.78 is 22.8. The van der Waals surface area contributed by atoms with Gasteiger partial charge in [-0.15, -0.1) is 0 Å². The lowest BCUT2D eigenvalue weighted by molar-refractivity contribution is -0.870. The van der Waals surface area contributed by atoms with Gasteiger partial charge >= 0.3 is 0 Å². The number of hydrogen-bond donors (Lipinski definition) is 2. The fourth-order valence-electron chi connectivity index (χ4n) is 4.05. The summed E-state index contributed by atoms with van der Waals surface area (Å²) in [7, 11) is 1.23. The Bertz CT molecular complexity index is 723. The Balaban J connectivity index is 4.58. The first kappa shape index (κ1) is 39.0. The minimum Gasteiger partial charge on any atom is -0.756 e. The molecule has 0 aliphatic heterocycles. The van der Waals surface area contributed by atoms with Crippen LogP contribution in [-0.2, 0) is 18.4 Å². The van der Waals surface area contributed by atoms with Gasteiger partial charge in [-0.2, -0.15) is 0 Å². The van der Waals surface area contributed by atoms with E-state index in [2.05, 4.69) is 31.3 Å². The number of nitrogens with one attached hydrogen (secondary N) is 1. The smallest absolute Gasteiger partial charge is 0.268 e. The highest BCUT2D eigenvalue weighted by Gasteiger charge is 2.23. The molecular weight excluding hydrogens is 527 g/mol. The number of allylic oxidation sites excluding steroid dienone is 3. The number of rotatable bonds is 27. The number of aliphatic hydroxyl groups excluding tert-OH is 1. The van der Waals surface area contributed by atoms with Crippen molar-refractivity contribution in [1.29, 1.82) is 0 Å². The van der Waals surface area contributed by atoms with Gasteiger partial charge in [0.15, 0.2) is 0 Å². The van der Waals surface area contributed by atoms with Gasteiger partial charge in [-0.3, -0.25) is 9.36 Å². The van der Waals surface area contributed by atoms with Gasteiger partial charge in [0.25, 0.3) is 7.82 Å². The van der Waals surface area contributed by atoms with E-state index in [-0.39, 0.29) is 12.5 Å². The van der Waals surface area contributed by atoms with Crippen molar-refractivity contribution in [1.82, 2.24) is 5.32 Å². The zero-order chi connectivity index (χ0) is 30.1. The lowest BCUT2D eigenvalue weighted by Crippen LogP contribution is -2.45. The number of carbonyl (C=O) groups excluding carboxylic acids is 1. The Morgan fingerprint density at radius 3 is 2.02 bits per heavy atom. The van der Waals surface area contributed by atoms with Crippen molar-refractivity contribution in [3.05, 3.63) is 24.3 Å². The second kappa shape index (κ2) is 24.6. The fourth-order valence-corrected chi connectivity index (χ4v) is 4.77. The van der Waals surface area contributed by atoms with Crippen LogP contribution in [0.2, 0.25) is 0 Å². The van der Waals surface area contributed by atoms with Gasteiger partial charge in [0.05, 0.1) is 39.9 Å². The zero-order valence-corrected chi connectivity index (χ0v) is 27.2. The van der Waals surface area contributed by atoms with Crippen LogP contribution in [0, 0.1) is 0 Å². The first-order chi connectivity index (χ1) is 19.0. The molecular formula is C31H61N2O6P. The summed E-state index contributed by atoms with van der Waals surface area (Å²) in [4.78, 5) is 24.7. The maximum absolute atomic E-state index is 12.4. The van der Waals surface area contributed by atoms with Crippen molar-refractivity contribution in [3.63, 3.8) is 0 Å². The van der Waals surface area contributed by atoms with E-state index in [1.807, 2.05) is 27.2 Å². The van der Waals surface area contributed by atoms with E-state index in [4.69, 9.17) is 9.05 Å². The topological polar surface area (TPSA) is 108 Å². The number of aliphatic hydroxyl groups is 1. The standard InChI is InChI=1S/C31H61N2O6P/c1-6-8-10-12-13-14-15-16-17-18-19-20-21-22-24-30(34)29(32-31(35)25-23-11-9-7-2)28-39-40(36,37)38-27-26-33(3,4)5/h18-19,22,24,29-30,34H,6-17,20-21,23,25-28H2,1-5H3,(H-,32,35,36,37)/b19-18+,24-22+. The molecule has 3 unspecified atom stereocenters. The summed E-state index contributed by atoms with van der Waals surface area (Å²) in [6.07, 6.45) is 24.2.